The fourth-order valence-electron chi connectivity index (χ4n) is 6.10. The van der Waals surface area contributed by atoms with Crippen LogP contribution in [0.1, 0.15) is 121 Å². The number of carboxylic acids is 1. The first kappa shape index (κ1) is 29.5. The third-order valence-corrected chi connectivity index (χ3v) is 8.18. The maximum atomic E-state index is 11.0. The van der Waals surface area contributed by atoms with Crippen molar-refractivity contribution in [2.75, 3.05) is 6.61 Å². The van der Waals surface area contributed by atoms with Crippen molar-refractivity contribution >= 4 is 5.97 Å². The number of rotatable bonds is 15. The average molecular weight is 489 g/mol. The predicted octanol–water partition coefficient (Wildman–Crippen LogP) is 8.60. The van der Waals surface area contributed by atoms with E-state index in [4.69, 9.17) is 14.6 Å². The summed E-state index contributed by atoms with van der Waals surface area (Å²) >= 11 is 0. The van der Waals surface area contributed by atoms with Crippen LogP contribution in [0.3, 0.4) is 0 Å². The molecular weight excluding hydrogens is 436 g/mol. The molecule has 1 aromatic rings. The number of benzene rings is 1. The summed E-state index contributed by atoms with van der Waals surface area (Å²) in [5.74, 6) is 3.00. The first-order valence-electron chi connectivity index (χ1n) is 14.1. The van der Waals surface area contributed by atoms with E-state index >= 15 is 0 Å². The van der Waals surface area contributed by atoms with Crippen LogP contribution in [-0.2, 0) is 11.2 Å². The van der Waals surface area contributed by atoms with Crippen molar-refractivity contribution < 1.29 is 19.4 Å². The second-order valence-electron chi connectivity index (χ2n) is 11.9. The van der Waals surface area contributed by atoms with E-state index in [0.29, 0.717) is 11.7 Å². The Morgan fingerprint density at radius 1 is 0.971 bits per heavy atom. The van der Waals surface area contributed by atoms with E-state index in [9.17, 15) is 4.79 Å². The van der Waals surface area contributed by atoms with Crippen molar-refractivity contribution in [3.63, 3.8) is 0 Å². The molecule has 0 saturated heterocycles. The number of aliphatic carboxylic acids is 1. The van der Waals surface area contributed by atoms with Crippen molar-refractivity contribution in [2.45, 2.75) is 132 Å². The first-order valence-corrected chi connectivity index (χ1v) is 14.1. The molecule has 1 unspecified atom stereocenters. The third-order valence-electron chi connectivity index (χ3n) is 8.18. The lowest BCUT2D eigenvalue weighted by molar-refractivity contribution is -0.139. The zero-order chi connectivity index (χ0) is 26.2. The van der Waals surface area contributed by atoms with Crippen LogP contribution < -0.4 is 9.47 Å². The molecule has 200 valence electrons. The third kappa shape index (κ3) is 8.72. The summed E-state index contributed by atoms with van der Waals surface area (Å²) in [7, 11) is 0. The summed E-state index contributed by atoms with van der Waals surface area (Å²) in [6.07, 6.45) is 13.8. The van der Waals surface area contributed by atoms with Gasteiger partial charge in [-0.15, -0.1) is 0 Å². The SMILES string of the molecule is CCCCC[C@@H](C)CCC[C@@H](C)CC(C)C[C@@]1(C)CCc2c(C)c(OCC(=O)O)c(C)c(C)c2O1. The zero-order valence-electron chi connectivity index (χ0n) is 23.9. The van der Waals surface area contributed by atoms with Gasteiger partial charge in [0.25, 0.3) is 0 Å². The van der Waals surface area contributed by atoms with E-state index in [1.807, 2.05) is 13.8 Å². The lowest BCUT2D eigenvalue weighted by Crippen LogP contribution is -2.39. The Morgan fingerprint density at radius 3 is 2.29 bits per heavy atom. The van der Waals surface area contributed by atoms with Crippen molar-refractivity contribution in [3.05, 3.63) is 22.3 Å². The Hall–Kier alpha value is -1.71. The van der Waals surface area contributed by atoms with E-state index in [1.165, 1.54) is 56.9 Å². The molecular formula is C31H52O4. The molecule has 0 saturated carbocycles. The van der Waals surface area contributed by atoms with Crippen molar-refractivity contribution in [2.24, 2.45) is 17.8 Å². The largest absolute Gasteiger partial charge is 0.487 e. The smallest absolute Gasteiger partial charge is 0.341 e. The van der Waals surface area contributed by atoms with E-state index in [0.717, 1.165) is 53.5 Å². The van der Waals surface area contributed by atoms with Gasteiger partial charge in [0.1, 0.15) is 17.1 Å². The second kappa shape index (κ2) is 13.6. The topological polar surface area (TPSA) is 55.8 Å². The molecule has 0 spiro atoms. The molecule has 0 aromatic heterocycles. The fraction of sp³-hybridized carbons (Fsp3) is 0.774. The molecule has 35 heavy (non-hydrogen) atoms. The number of ether oxygens (including phenoxy) is 2. The summed E-state index contributed by atoms with van der Waals surface area (Å²) in [5.41, 5.74) is 4.10. The Bertz CT molecular complexity index is 830. The minimum Gasteiger partial charge on any atom is -0.487 e. The standard InChI is InChI=1S/C31H52O4/c1-9-10-11-13-21(2)14-12-15-22(3)18-23(4)19-31(8)17-16-27-26(7)29(34-20-28(32)33)24(5)25(6)30(27)35-31/h21-23H,9-20H2,1-8H3,(H,32,33)/t21-,22-,23?,31-/m1/s1. The molecule has 0 fully saturated rings. The Kier molecular flexibility index (Phi) is 11.4. The Labute approximate surface area is 215 Å². The average Bonchev–Trinajstić information content (AvgIpc) is 2.77. The normalized spacial score (nSPS) is 20.0. The summed E-state index contributed by atoms with van der Waals surface area (Å²) in [6.45, 7) is 17.6. The van der Waals surface area contributed by atoms with Crippen molar-refractivity contribution in [3.8, 4) is 11.5 Å². The quantitative estimate of drug-likeness (QED) is 0.251. The van der Waals surface area contributed by atoms with Crippen LogP contribution in [0, 0.1) is 38.5 Å². The summed E-state index contributed by atoms with van der Waals surface area (Å²) < 4.78 is 12.4. The van der Waals surface area contributed by atoms with Crippen molar-refractivity contribution in [1.82, 2.24) is 0 Å². The fourth-order valence-corrected chi connectivity index (χ4v) is 6.10. The van der Waals surface area contributed by atoms with Gasteiger partial charge in [-0.25, -0.2) is 4.79 Å². The number of fused-ring (bicyclic) bond motifs is 1. The van der Waals surface area contributed by atoms with Crippen LogP contribution in [0.4, 0.5) is 0 Å². The molecule has 1 heterocycles. The minimum absolute atomic E-state index is 0.160. The Balaban J connectivity index is 1.92. The van der Waals surface area contributed by atoms with Gasteiger partial charge in [0.2, 0.25) is 0 Å². The summed E-state index contributed by atoms with van der Waals surface area (Å²) in [4.78, 5) is 11.0. The van der Waals surface area contributed by atoms with Crippen LogP contribution >= 0.6 is 0 Å². The molecule has 4 nitrogen and oxygen atoms in total. The molecule has 4 atom stereocenters. The van der Waals surface area contributed by atoms with Crippen LogP contribution in [0.25, 0.3) is 0 Å². The molecule has 1 aliphatic rings. The van der Waals surface area contributed by atoms with Gasteiger partial charge in [-0.2, -0.15) is 0 Å². The molecule has 0 bridgehead atoms. The monoisotopic (exact) mass is 488 g/mol. The highest BCUT2D eigenvalue weighted by Crippen LogP contribution is 2.45. The summed E-state index contributed by atoms with van der Waals surface area (Å²) in [5, 5.41) is 9.04. The zero-order valence-corrected chi connectivity index (χ0v) is 23.9. The number of unbranched alkanes of at least 4 members (excludes halogenated alkanes) is 2. The maximum absolute atomic E-state index is 11.0. The van der Waals surface area contributed by atoms with E-state index in [2.05, 4.69) is 41.5 Å². The molecule has 4 heteroatoms. The molecule has 1 aromatic carbocycles. The van der Waals surface area contributed by atoms with Gasteiger partial charge >= 0.3 is 5.97 Å². The highest BCUT2D eigenvalue weighted by atomic mass is 16.5. The predicted molar refractivity (Wildman–Crippen MR) is 146 cm³/mol. The summed E-state index contributed by atoms with van der Waals surface area (Å²) in [6, 6.07) is 0. The number of carbonyl (C=O) groups is 1. The molecule has 0 aliphatic carbocycles. The van der Waals surface area contributed by atoms with E-state index in [-0.39, 0.29) is 12.2 Å². The molecule has 0 amide bonds. The van der Waals surface area contributed by atoms with Gasteiger partial charge < -0.3 is 14.6 Å². The lowest BCUT2D eigenvalue weighted by Gasteiger charge is -2.40. The molecule has 2 rings (SSSR count). The van der Waals surface area contributed by atoms with Crippen LogP contribution in [0.2, 0.25) is 0 Å². The van der Waals surface area contributed by atoms with Crippen LogP contribution in [-0.4, -0.2) is 23.3 Å². The van der Waals surface area contributed by atoms with Gasteiger partial charge in [-0.3, -0.25) is 0 Å². The minimum atomic E-state index is -0.951. The number of hydrogen-bond donors (Lipinski definition) is 1. The molecule has 0 radical (unpaired) electrons. The van der Waals surface area contributed by atoms with Crippen LogP contribution in [0.15, 0.2) is 0 Å². The van der Waals surface area contributed by atoms with Gasteiger partial charge in [0.15, 0.2) is 6.61 Å². The van der Waals surface area contributed by atoms with Gasteiger partial charge in [0.05, 0.1) is 0 Å². The highest BCUT2D eigenvalue weighted by Gasteiger charge is 2.36. The van der Waals surface area contributed by atoms with Crippen molar-refractivity contribution in [1.29, 1.82) is 0 Å². The van der Waals surface area contributed by atoms with Crippen LogP contribution in [0.5, 0.6) is 11.5 Å². The second-order valence-corrected chi connectivity index (χ2v) is 11.9. The first-order chi connectivity index (χ1) is 16.5. The number of carboxylic acid groups (broad SMARTS) is 1. The van der Waals surface area contributed by atoms with Gasteiger partial charge in [0, 0.05) is 5.56 Å². The van der Waals surface area contributed by atoms with E-state index in [1.54, 1.807) is 0 Å². The van der Waals surface area contributed by atoms with E-state index < -0.39 is 5.97 Å². The molecule has 1 N–H and O–H groups in total. The Morgan fingerprint density at radius 2 is 1.63 bits per heavy atom. The van der Waals surface area contributed by atoms with Gasteiger partial charge in [-0.05, 0) is 87.8 Å². The molecule has 1 aliphatic heterocycles. The van der Waals surface area contributed by atoms with Gasteiger partial charge in [-0.1, -0.05) is 72.6 Å². The lowest BCUT2D eigenvalue weighted by atomic mass is 9.80. The highest BCUT2D eigenvalue weighted by molar-refractivity contribution is 5.69. The number of hydrogen-bond acceptors (Lipinski definition) is 3. The maximum Gasteiger partial charge on any atom is 0.341 e.